The van der Waals surface area contributed by atoms with Crippen LogP contribution in [0.4, 0.5) is 0 Å². The van der Waals surface area contributed by atoms with Crippen LogP contribution in [0.5, 0.6) is 0 Å². The number of hydrogen-bond donors (Lipinski definition) is 0. The van der Waals surface area contributed by atoms with E-state index in [9.17, 15) is 8.42 Å². The number of halogens is 1. The molecule has 110 valence electrons. The normalized spacial score (nSPS) is 23.8. The second-order valence-electron chi connectivity index (χ2n) is 5.29. The Morgan fingerprint density at radius 2 is 2.10 bits per heavy atom. The molecule has 0 spiro atoms. The fourth-order valence-corrected chi connectivity index (χ4v) is 4.76. The molecule has 1 atom stereocenters. The Bertz CT molecular complexity index is 602. The molecule has 0 N–H and O–H groups in total. The van der Waals surface area contributed by atoms with Crippen LogP contribution in [0.3, 0.4) is 0 Å². The maximum absolute atomic E-state index is 12.7. The SMILES string of the molecule is O=S(=O)(c1ccc2c(c1)CCC2)N1CCOC(CBr)C1. The van der Waals surface area contributed by atoms with Gasteiger partial charge in [-0.3, -0.25) is 0 Å². The fourth-order valence-electron chi connectivity index (χ4n) is 2.86. The van der Waals surface area contributed by atoms with Crippen LogP contribution in [0.25, 0.3) is 0 Å². The van der Waals surface area contributed by atoms with Crippen molar-refractivity contribution < 1.29 is 13.2 Å². The van der Waals surface area contributed by atoms with E-state index in [0.29, 0.717) is 29.9 Å². The number of hydrogen-bond acceptors (Lipinski definition) is 3. The van der Waals surface area contributed by atoms with E-state index in [4.69, 9.17) is 4.74 Å². The second kappa shape index (κ2) is 5.75. The van der Waals surface area contributed by atoms with Gasteiger partial charge in [0.15, 0.2) is 0 Å². The lowest BCUT2D eigenvalue weighted by atomic mass is 10.1. The molecule has 20 heavy (non-hydrogen) atoms. The zero-order valence-corrected chi connectivity index (χ0v) is 13.6. The van der Waals surface area contributed by atoms with Gasteiger partial charge in [0.05, 0.1) is 17.6 Å². The second-order valence-corrected chi connectivity index (χ2v) is 7.88. The molecular formula is C14H18BrNO3S. The van der Waals surface area contributed by atoms with Gasteiger partial charge in [-0.1, -0.05) is 22.0 Å². The van der Waals surface area contributed by atoms with E-state index in [2.05, 4.69) is 15.9 Å². The average molecular weight is 360 g/mol. The van der Waals surface area contributed by atoms with Gasteiger partial charge >= 0.3 is 0 Å². The summed E-state index contributed by atoms with van der Waals surface area (Å²) >= 11 is 3.36. The summed E-state index contributed by atoms with van der Waals surface area (Å²) in [6.07, 6.45) is 3.13. The first kappa shape index (κ1) is 14.5. The Kier molecular flexibility index (Phi) is 4.17. The molecule has 0 saturated carbocycles. The Hall–Kier alpha value is -0.430. The van der Waals surface area contributed by atoms with E-state index in [0.717, 1.165) is 19.3 Å². The van der Waals surface area contributed by atoms with Crippen LogP contribution in [0.15, 0.2) is 23.1 Å². The van der Waals surface area contributed by atoms with Gasteiger partial charge in [0.1, 0.15) is 0 Å². The number of alkyl halides is 1. The van der Waals surface area contributed by atoms with Crippen molar-refractivity contribution in [2.24, 2.45) is 0 Å². The first-order valence-electron chi connectivity index (χ1n) is 6.91. The van der Waals surface area contributed by atoms with Crippen molar-refractivity contribution >= 4 is 26.0 Å². The van der Waals surface area contributed by atoms with Gasteiger partial charge in [0.2, 0.25) is 10.0 Å². The van der Waals surface area contributed by atoms with Crippen LogP contribution in [0, 0.1) is 0 Å². The molecule has 0 bridgehead atoms. The van der Waals surface area contributed by atoms with Crippen LogP contribution in [-0.4, -0.2) is 43.9 Å². The maximum Gasteiger partial charge on any atom is 0.243 e. The minimum absolute atomic E-state index is 0.0621. The summed E-state index contributed by atoms with van der Waals surface area (Å²) in [7, 11) is -3.39. The molecule has 1 aromatic carbocycles. The summed E-state index contributed by atoms with van der Waals surface area (Å²) < 4.78 is 32.5. The molecule has 0 aromatic heterocycles. The van der Waals surface area contributed by atoms with Crippen LogP contribution in [-0.2, 0) is 27.6 Å². The third kappa shape index (κ3) is 2.66. The van der Waals surface area contributed by atoms with Crippen molar-refractivity contribution in [1.82, 2.24) is 4.31 Å². The number of sulfonamides is 1. The molecule has 3 rings (SSSR count). The first-order valence-corrected chi connectivity index (χ1v) is 9.47. The smallest absolute Gasteiger partial charge is 0.243 e. The molecule has 4 nitrogen and oxygen atoms in total. The lowest BCUT2D eigenvalue weighted by molar-refractivity contribution is 0.0136. The Morgan fingerprint density at radius 1 is 1.30 bits per heavy atom. The molecular weight excluding hydrogens is 342 g/mol. The molecule has 0 amide bonds. The number of nitrogens with zero attached hydrogens (tertiary/aromatic N) is 1. The highest BCUT2D eigenvalue weighted by Gasteiger charge is 2.31. The van der Waals surface area contributed by atoms with Crippen molar-refractivity contribution in [3.05, 3.63) is 29.3 Å². The Morgan fingerprint density at radius 3 is 2.90 bits per heavy atom. The standard InChI is InChI=1S/C14H18BrNO3S/c15-9-13-10-16(6-7-19-13)20(17,18)14-5-4-11-2-1-3-12(11)8-14/h4-5,8,13H,1-3,6-7,9-10H2. The van der Waals surface area contributed by atoms with Crippen LogP contribution in [0.2, 0.25) is 0 Å². The summed E-state index contributed by atoms with van der Waals surface area (Å²) in [6, 6.07) is 5.58. The summed E-state index contributed by atoms with van der Waals surface area (Å²) in [5, 5.41) is 0.656. The molecule has 1 aliphatic carbocycles. The number of rotatable bonds is 3. The van der Waals surface area contributed by atoms with Gasteiger partial charge in [-0.15, -0.1) is 0 Å². The van der Waals surface area contributed by atoms with Crippen LogP contribution >= 0.6 is 15.9 Å². The zero-order chi connectivity index (χ0) is 14.2. The summed E-state index contributed by atoms with van der Waals surface area (Å²) in [4.78, 5) is 0.424. The predicted molar refractivity (Wildman–Crippen MR) is 80.8 cm³/mol. The van der Waals surface area contributed by atoms with Gasteiger partial charge in [0.25, 0.3) is 0 Å². The minimum Gasteiger partial charge on any atom is -0.375 e. The van der Waals surface area contributed by atoms with Gasteiger partial charge in [-0.2, -0.15) is 4.31 Å². The third-order valence-electron chi connectivity index (χ3n) is 3.98. The first-order chi connectivity index (χ1) is 9.61. The lowest BCUT2D eigenvalue weighted by Gasteiger charge is -2.31. The molecule has 1 heterocycles. The summed E-state index contributed by atoms with van der Waals surface area (Å²) in [5.74, 6) is 0. The molecule has 1 unspecified atom stereocenters. The highest BCUT2D eigenvalue weighted by molar-refractivity contribution is 9.09. The topological polar surface area (TPSA) is 46.6 Å². The van der Waals surface area contributed by atoms with Gasteiger partial charge in [-0.25, -0.2) is 8.42 Å². The van der Waals surface area contributed by atoms with E-state index in [1.807, 2.05) is 12.1 Å². The highest BCUT2D eigenvalue weighted by atomic mass is 79.9. The van der Waals surface area contributed by atoms with Gasteiger partial charge in [0, 0.05) is 18.4 Å². The fraction of sp³-hybridized carbons (Fsp3) is 0.571. The number of morpholine rings is 1. The van der Waals surface area contributed by atoms with Crippen molar-refractivity contribution in [2.75, 3.05) is 25.0 Å². The van der Waals surface area contributed by atoms with Gasteiger partial charge in [-0.05, 0) is 42.5 Å². The number of fused-ring (bicyclic) bond motifs is 1. The van der Waals surface area contributed by atoms with Crippen LogP contribution < -0.4 is 0 Å². The molecule has 2 aliphatic rings. The summed E-state index contributed by atoms with van der Waals surface area (Å²) in [6.45, 7) is 1.31. The van der Waals surface area contributed by atoms with Crippen molar-refractivity contribution in [1.29, 1.82) is 0 Å². The molecule has 1 aromatic rings. The largest absolute Gasteiger partial charge is 0.375 e. The van der Waals surface area contributed by atoms with Crippen molar-refractivity contribution in [2.45, 2.75) is 30.3 Å². The minimum atomic E-state index is -3.39. The van der Waals surface area contributed by atoms with Crippen molar-refractivity contribution in [3.63, 3.8) is 0 Å². The molecule has 1 aliphatic heterocycles. The molecule has 1 saturated heterocycles. The van der Waals surface area contributed by atoms with Crippen molar-refractivity contribution in [3.8, 4) is 0 Å². The molecule has 1 fully saturated rings. The van der Waals surface area contributed by atoms with E-state index < -0.39 is 10.0 Å². The number of ether oxygens (including phenoxy) is 1. The van der Waals surface area contributed by atoms with E-state index in [1.54, 1.807) is 10.4 Å². The number of benzene rings is 1. The average Bonchev–Trinajstić information content (AvgIpc) is 2.94. The quantitative estimate of drug-likeness (QED) is 0.775. The summed E-state index contributed by atoms with van der Waals surface area (Å²) in [5.41, 5.74) is 2.49. The highest BCUT2D eigenvalue weighted by Crippen LogP contribution is 2.27. The Balaban J connectivity index is 1.87. The number of aryl methyl sites for hydroxylation is 2. The molecule has 0 radical (unpaired) electrons. The van der Waals surface area contributed by atoms with Gasteiger partial charge < -0.3 is 4.74 Å². The predicted octanol–water partition coefficient (Wildman–Crippen LogP) is 1.96. The van der Waals surface area contributed by atoms with E-state index in [-0.39, 0.29) is 6.10 Å². The van der Waals surface area contributed by atoms with Crippen LogP contribution in [0.1, 0.15) is 17.5 Å². The molecule has 6 heteroatoms. The van der Waals surface area contributed by atoms with E-state index in [1.165, 1.54) is 11.1 Å². The van der Waals surface area contributed by atoms with E-state index >= 15 is 0 Å². The third-order valence-corrected chi connectivity index (χ3v) is 6.56. The maximum atomic E-state index is 12.7. The lowest BCUT2D eigenvalue weighted by Crippen LogP contribution is -2.46. The Labute approximate surface area is 128 Å². The zero-order valence-electron chi connectivity index (χ0n) is 11.2. The monoisotopic (exact) mass is 359 g/mol.